The van der Waals surface area contributed by atoms with E-state index in [2.05, 4.69) is 0 Å². The molecule has 0 aromatic carbocycles. The number of carbonyl (C=O) groups excluding carboxylic acids is 1. The number of rotatable bonds is 2. The summed E-state index contributed by atoms with van der Waals surface area (Å²) in [4.78, 5) is 14.2. The average molecular weight is 289 g/mol. The minimum Gasteiger partial charge on any atom is -0.394 e. The van der Waals surface area contributed by atoms with E-state index in [-0.39, 0.29) is 24.3 Å². The van der Waals surface area contributed by atoms with Gasteiger partial charge in [-0.05, 0) is 25.7 Å². The predicted octanol–water partition coefficient (Wildman–Crippen LogP) is 0.717. The molecule has 0 bridgehead atoms. The Labute approximate surface area is 114 Å². The highest BCUT2D eigenvalue weighted by molar-refractivity contribution is 7.92. The second-order valence-corrected chi connectivity index (χ2v) is 7.87. The zero-order valence-corrected chi connectivity index (χ0v) is 12.1. The third-order valence-electron chi connectivity index (χ3n) is 4.23. The van der Waals surface area contributed by atoms with Crippen molar-refractivity contribution < 1.29 is 18.3 Å². The summed E-state index contributed by atoms with van der Waals surface area (Å²) in [6.45, 7) is 0.509. The minimum atomic E-state index is -3.29. The molecule has 1 N–H and O–H groups in total. The van der Waals surface area contributed by atoms with Crippen LogP contribution in [0.25, 0.3) is 0 Å². The molecule has 2 saturated heterocycles. The Balaban J connectivity index is 2.16. The first-order valence-electron chi connectivity index (χ1n) is 7.19. The highest BCUT2D eigenvalue weighted by Crippen LogP contribution is 2.25. The van der Waals surface area contributed by atoms with E-state index in [1.807, 2.05) is 0 Å². The number of amides is 1. The van der Waals surface area contributed by atoms with E-state index in [0.29, 0.717) is 19.4 Å². The smallest absolute Gasteiger partial charge is 0.241 e. The molecule has 2 aliphatic heterocycles. The quantitative estimate of drug-likeness (QED) is 0.812. The average Bonchev–Trinajstić information content (AvgIpc) is 2.62. The molecule has 2 unspecified atom stereocenters. The fourth-order valence-corrected chi connectivity index (χ4v) is 4.93. The van der Waals surface area contributed by atoms with Crippen LogP contribution in [0.2, 0.25) is 0 Å². The maximum absolute atomic E-state index is 12.5. The van der Waals surface area contributed by atoms with E-state index >= 15 is 0 Å². The number of sulfone groups is 1. The van der Waals surface area contributed by atoms with E-state index < -0.39 is 15.1 Å². The fourth-order valence-electron chi connectivity index (χ4n) is 3.07. The molecule has 0 aromatic heterocycles. The third kappa shape index (κ3) is 3.28. The lowest BCUT2D eigenvalue weighted by Gasteiger charge is -2.33. The lowest BCUT2D eigenvalue weighted by molar-refractivity contribution is -0.134. The molecule has 0 spiro atoms. The SMILES string of the molecule is O=C(C1CCCCS1(=O)=O)N1CCCCCC1CO. The van der Waals surface area contributed by atoms with Gasteiger partial charge in [0.05, 0.1) is 18.4 Å². The summed E-state index contributed by atoms with van der Waals surface area (Å²) in [7, 11) is -3.29. The third-order valence-corrected chi connectivity index (χ3v) is 6.39. The van der Waals surface area contributed by atoms with Crippen LogP contribution in [0, 0.1) is 0 Å². The van der Waals surface area contributed by atoms with E-state index in [4.69, 9.17) is 0 Å². The molecule has 2 aliphatic rings. The summed E-state index contributed by atoms with van der Waals surface area (Å²) in [6, 6.07) is -0.202. The number of aliphatic hydroxyl groups is 1. The topological polar surface area (TPSA) is 74.7 Å². The van der Waals surface area contributed by atoms with Crippen molar-refractivity contribution in [3.63, 3.8) is 0 Å². The van der Waals surface area contributed by atoms with E-state index in [9.17, 15) is 18.3 Å². The lowest BCUT2D eigenvalue weighted by atomic mass is 10.1. The van der Waals surface area contributed by atoms with Gasteiger partial charge in [-0.3, -0.25) is 4.79 Å². The molecule has 2 fully saturated rings. The van der Waals surface area contributed by atoms with Crippen LogP contribution in [-0.2, 0) is 14.6 Å². The van der Waals surface area contributed by atoms with Gasteiger partial charge in [0.15, 0.2) is 9.84 Å². The van der Waals surface area contributed by atoms with Crippen LogP contribution in [0.5, 0.6) is 0 Å². The maximum Gasteiger partial charge on any atom is 0.241 e. The Morgan fingerprint density at radius 1 is 1.11 bits per heavy atom. The van der Waals surface area contributed by atoms with Crippen LogP contribution in [0.15, 0.2) is 0 Å². The summed E-state index contributed by atoms with van der Waals surface area (Å²) < 4.78 is 24.1. The second kappa shape index (κ2) is 6.22. The van der Waals surface area contributed by atoms with Crippen LogP contribution in [0.3, 0.4) is 0 Å². The van der Waals surface area contributed by atoms with Gasteiger partial charge in [-0.1, -0.05) is 19.3 Å². The van der Waals surface area contributed by atoms with Gasteiger partial charge in [0, 0.05) is 6.54 Å². The van der Waals surface area contributed by atoms with Crippen molar-refractivity contribution in [1.82, 2.24) is 4.90 Å². The summed E-state index contributed by atoms with van der Waals surface area (Å²) in [5.41, 5.74) is 0. The van der Waals surface area contributed by atoms with Crippen molar-refractivity contribution in [3.05, 3.63) is 0 Å². The summed E-state index contributed by atoms with van der Waals surface area (Å²) in [5.74, 6) is -0.151. The predicted molar refractivity (Wildman–Crippen MR) is 72.5 cm³/mol. The number of hydrogen-bond acceptors (Lipinski definition) is 4. The first-order valence-corrected chi connectivity index (χ1v) is 8.90. The van der Waals surface area contributed by atoms with Gasteiger partial charge in [0.25, 0.3) is 0 Å². The Kier molecular flexibility index (Phi) is 4.84. The number of nitrogens with zero attached hydrogens (tertiary/aromatic N) is 1. The highest BCUT2D eigenvalue weighted by atomic mass is 32.2. The minimum absolute atomic E-state index is 0.0709. The Morgan fingerprint density at radius 3 is 2.53 bits per heavy atom. The molecular formula is C13H23NO4S. The first kappa shape index (κ1) is 14.8. The second-order valence-electron chi connectivity index (χ2n) is 5.57. The Bertz CT molecular complexity index is 420. The van der Waals surface area contributed by atoms with Crippen LogP contribution in [0.4, 0.5) is 0 Å². The van der Waals surface area contributed by atoms with Crippen molar-refractivity contribution in [2.75, 3.05) is 18.9 Å². The molecule has 2 rings (SSSR count). The maximum atomic E-state index is 12.5. The molecule has 0 radical (unpaired) electrons. The molecule has 6 heteroatoms. The Hall–Kier alpha value is -0.620. The zero-order valence-electron chi connectivity index (χ0n) is 11.3. The zero-order chi connectivity index (χ0) is 13.9. The number of hydrogen-bond donors (Lipinski definition) is 1. The van der Waals surface area contributed by atoms with Gasteiger partial charge in [-0.25, -0.2) is 8.42 Å². The fraction of sp³-hybridized carbons (Fsp3) is 0.923. The number of likely N-dealkylation sites (tertiary alicyclic amines) is 1. The van der Waals surface area contributed by atoms with Gasteiger partial charge in [-0.2, -0.15) is 0 Å². The standard InChI is InChI=1S/C13H23NO4S/c15-10-11-6-2-1-4-8-14(11)13(16)12-7-3-5-9-19(12,17)18/h11-12,15H,1-10H2. The highest BCUT2D eigenvalue weighted by Gasteiger charge is 2.39. The first-order chi connectivity index (χ1) is 9.06. The van der Waals surface area contributed by atoms with Crippen molar-refractivity contribution in [2.45, 2.75) is 56.2 Å². The largest absolute Gasteiger partial charge is 0.394 e. The molecule has 2 atom stereocenters. The van der Waals surface area contributed by atoms with E-state index in [0.717, 1.165) is 32.1 Å². The molecule has 0 saturated carbocycles. The summed E-state index contributed by atoms with van der Waals surface area (Å²) >= 11 is 0. The normalized spacial score (nSPS) is 31.7. The van der Waals surface area contributed by atoms with Crippen LogP contribution < -0.4 is 0 Å². The molecule has 1 amide bonds. The summed E-state index contributed by atoms with van der Waals surface area (Å²) in [6.07, 6.45) is 5.60. The molecule has 5 nitrogen and oxygen atoms in total. The van der Waals surface area contributed by atoms with Crippen molar-refractivity contribution in [1.29, 1.82) is 0 Å². The summed E-state index contributed by atoms with van der Waals surface area (Å²) in [5, 5.41) is 8.55. The van der Waals surface area contributed by atoms with Gasteiger partial charge in [-0.15, -0.1) is 0 Å². The van der Waals surface area contributed by atoms with Crippen molar-refractivity contribution in [3.8, 4) is 0 Å². The molecule has 110 valence electrons. The number of aliphatic hydroxyl groups excluding tert-OH is 1. The molecular weight excluding hydrogens is 266 g/mol. The van der Waals surface area contributed by atoms with Gasteiger partial charge in [0.1, 0.15) is 5.25 Å². The van der Waals surface area contributed by atoms with E-state index in [1.54, 1.807) is 4.90 Å². The lowest BCUT2D eigenvalue weighted by Crippen LogP contribution is -2.50. The molecule has 0 aromatic rings. The van der Waals surface area contributed by atoms with Gasteiger partial charge >= 0.3 is 0 Å². The van der Waals surface area contributed by atoms with E-state index in [1.165, 1.54) is 0 Å². The monoisotopic (exact) mass is 289 g/mol. The van der Waals surface area contributed by atoms with Crippen LogP contribution in [-0.4, -0.2) is 54.5 Å². The van der Waals surface area contributed by atoms with Gasteiger partial charge < -0.3 is 10.0 Å². The Morgan fingerprint density at radius 2 is 1.84 bits per heavy atom. The number of carbonyl (C=O) groups is 1. The van der Waals surface area contributed by atoms with Crippen LogP contribution in [0.1, 0.15) is 44.9 Å². The van der Waals surface area contributed by atoms with Crippen molar-refractivity contribution >= 4 is 15.7 Å². The molecule has 19 heavy (non-hydrogen) atoms. The molecule has 2 heterocycles. The molecule has 0 aliphatic carbocycles. The van der Waals surface area contributed by atoms with Crippen LogP contribution >= 0.6 is 0 Å². The van der Waals surface area contributed by atoms with Gasteiger partial charge in [0.2, 0.25) is 5.91 Å². The van der Waals surface area contributed by atoms with Crippen molar-refractivity contribution in [2.24, 2.45) is 0 Å².